The van der Waals surface area contributed by atoms with Crippen LogP contribution < -0.4 is 0 Å². The molecule has 0 unspecified atom stereocenters. The molecule has 0 spiro atoms. The maximum Gasteiger partial charge on any atom is 0.260 e. The molecule has 0 aromatic carbocycles. The normalized spacial score (nSPS) is 12.3. The van der Waals surface area contributed by atoms with Gasteiger partial charge in [0.2, 0.25) is 0 Å². The molecular formula is C12H19ClN2O3S. The van der Waals surface area contributed by atoms with Crippen molar-refractivity contribution in [2.75, 3.05) is 20.2 Å². The van der Waals surface area contributed by atoms with Crippen molar-refractivity contribution in [1.82, 2.24) is 9.29 Å². The van der Waals surface area contributed by atoms with E-state index < -0.39 is 10.0 Å². The van der Waals surface area contributed by atoms with Gasteiger partial charge >= 0.3 is 0 Å². The summed E-state index contributed by atoms with van der Waals surface area (Å²) in [7, 11) is -2.05. The number of hydrogen-bond donors (Lipinski definition) is 0. The van der Waals surface area contributed by atoms with Crippen LogP contribution in [0.5, 0.6) is 0 Å². The summed E-state index contributed by atoms with van der Waals surface area (Å²) < 4.78 is 30.9. The van der Waals surface area contributed by atoms with E-state index in [2.05, 4.69) is 4.98 Å². The molecule has 1 aromatic heterocycles. The maximum atomic E-state index is 12.2. The second-order valence-electron chi connectivity index (χ2n) is 4.38. The number of alkyl halides is 1. The molecule has 0 N–H and O–H groups in total. The lowest BCUT2D eigenvalue weighted by Crippen LogP contribution is -2.31. The van der Waals surface area contributed by atoms with Crippen LogP contribution in [0.2, 0.25) is 0 Å². The molecule has 0 aliphatic heterocycles. The van der Waals surface area contributed by atoms with E-state index in [1.54, 1.807) is 6.07 Å². The Bertz CT molecular complexity index is 488. The Hall–Kier alpha value is -0.690. The quantitative estimate of drug-likeness (QED) is 0.722. The van der Waals surface area contributed by atoms with Crippen LogP contribution in [-0.2, 0) is 20.6 Å². The Kier molecular flexibility index (Phi) is 6.19. The Labute approximate surface area is 119 Å². The molecule has 1 aromatic rings. The summed E-state index contributed by atoms with van der Waals surface area (Å²) in [5.74, 6) is 0.311. The number of nitrogens with zero attached hydrogens (tertiary/aromatic N) is 2. The van der Waals surface area contributed by atoms with Gasteiger partial charge in [-0.1, -0.05) is 6.07 Å². The molecule has 0 radical (unpaired) electrons. The molecule has 108 valence electrons. The van der Waals surface area contributed by atoms with Crippen molar-refractivity contribution in [3.8, 4) is 0 Å². The highest BCUT2D eigenvalue weighted by Gasteiger charge is 2.21. The summed E-state index contributed by atoms with van der Waals surface area (Å²) in [6.45, 7) is 4.45. The molecule has 0 saturated carbocycles. The first-order chi connectivity index (χ1) is 8.87. The Balaban J connectivity index is 2.72. The Morgan fingerprint density at radius 1 is 1.42 bits per heavy atom. The number of rotatable bonds is 7. The first kappa shape index (κ1) is 16.4. The molecule has 7 heteroatoms. The van der Waals surface area contributed by atoms with E-state index in [4.69, 9.17) is 16.3 Å². The zero-order chi connectivity index (χ0) is 14.5. The van der Waals surface area contributed by atoms with Gasteiger partial charge in [0.15, 0.2) is 5.03 Å². The van der Waals surface area contributed by atoms with E-state index in [-0.39, 0.29) is 11.1 Å². The van der Waals surface area contributed by atoms with E-state index in [1.807, 2.05) is 13.8 Å². The van der Waals surface area contributed by atoms with Gasteiger partial charge in [-0.05, 0) is 25.5 Å². The zero-order valence-electron chi connectivity index (χ0n) is 11.3. The average molecular weight is 307 g/mol. The minimum absolute atomic E-state index is 0.0217. The molecule has 0 aliphatic carbocycles. The molecular weight excluding hydrogens is 288 g/mol. The summed E-state index contributed by atoms with van der Waals surface area (Å²) >= 11 is 5.64. The van der Waals surface area contributed by atoms with Crippen molar-refractivity contribution in [1.29, 1.82) is 0 Å². The van der Waals surface area contributed by atoms with Crippen LogP contribution in [0.1, 0.15) is 19.4 Å². The fraction of sp³-hybridized carbons (Fsp3) is 0.583. The zero-order valence-corrected chi connectivity index (χ0v) is 12.9. The first-order valence-electron chi connectivity index (χ1n) is 5.96. The molecule has 1 rings (SSSR count). The third-order valence-electron chi connectivity index (χ3n) is 2.48. The van der Waals surface area contributed by atoms with Gasteiger partial charge in [0.1, 0.15) is 0 Å². The average Bonchev–Trinajstić information content (AvgIpc) is 2.38. The molecule has 1 heterocycles. The second-order valence-corrected chi connectivity index (χ2v) is 6.64. The van der Waals surface area contributed by atoms with Crippen molar-refractivity contribution in [3.63, 3.8) is 0 Å². The van der Waals surface area contributed by atoms with Gasteiger partial charge in [0.25, 0.3) is 10.0 Å². The largest absolute Gasteiger partial charge is 0.377 e. The van der Waals surface area contributed by atoms with Gasteiger partial charge in [0.05, 0.1) is 12.7 Å². The van der Waals surface area contributed by atoms with Crippen molar-refractivity contribution in [2.24, 2.45) is 0 Å². The fourth-order valence-corrected chi connectivity index (χ4v) is 2.56. The van der Waals surface area contributed by atoms with Gasteiger partial charge in [-0.15, -0.1) is 11.6 Å². The number of likely N-dealkylation sites (N-methyl/N-ethyl adjacent to an activating group) is 1. The van der Waals surface area contributed by atoms with Crippen LogP contribution >= 0.6 is 11.6 Å². The fourth-order valence-electron chi connectivity index (χ4n) is 1.34. The van der Waals surface area contributed by atoms with Crippen LogP contribution in [0.15, 0.2) is 23.4 Å². The molecule has 0 bridgehead atoms. The van der Waals surface area contributed by atoms with E-state index in [1.165, 1.54) is 23.6 Å². The predicted molar refractivity (Wildman–Crippen MR) is 74.7 cm³/mol. The summed E-state index contributed by atoms with van der Waals surface area (Å²) in [6.07, 6.45) is 1.55. The first-order valence-corrected chi connectivity index (χ1v) is 7.94. The second kappa shape index (κ2) is 7.19. The molecule has 0 atom stereocenters. The molecule has 0 saturated heterocycles. The lowest BCUT2D eigenvalue weighted by Gasteiger charge is -2.17. The van der Waals surface area contributed by atoms with Crippen molar-refractivity contribution >= 4 is 21.6 Å². The number of halogens is 1. The Morgan fingerprint density at radius 3 is 2.58 bits per heavy atom. The topological polar surface area (TPSA) is 59.5 Å². The van der Waals surface area contributed by atoms with Crippen molar-refractivity contribution in [2.45, 2.75) is 30.9 Å². The highest BCUT2D eigenvalue weighted by Crippen LogP contribution is 2.12. The standard InChI is InChI=1S/C12H19ClN2O3S/c1-10(2)18-7-6-15(3)19(16,17)12-5-4-11(8-13)9-14-12/h4-5,9-10H,6-8H2,1-3H3. The van der Waals surface area contributed by atoms with Crippen molar-refractivity contribution < 1.29 is 13.2 Å². The van der Waals surface area contributed by atoms with E-state index in [0.29, 0.717) is 19.0 Å². The highest BCUT2D eigenvalue weighted by atomic mass is 35.5. The molecule has 5 nitrogen and oxygen atoms in total. The third-order valence-corrected chi connectivity index (χ3v) is 4.57. The van der Waals surface area contributed by atoms with Crippen molar-refractivity contribution in [3.05, 3.63) is 23.9 Å². The lowest BCUT2D eigenvalue weighted by molar-refractivity contribution is 0.0737. The highest BCUT2D eigenvalue weighted by molar-refractivity contribution is 7.89. The molecule has 0 amide bonds. The van der Waals surface area contributed by atoms with Gasteiger partial charge in [-0.2, -0.15) is 4.31 Å². The summed E-state index contributed by atoms with van der Waals surface area (Å²) in [4.78, 5) is 3.93. The smallest absolute Gasteiger partial charge is 0.260 e. The number of sulfonamides is 1. The Morgan fingerprint density at radius 2 is 2.11 bits per heavy atom. The SMILES string of the molecule is CC(C)OCCN(C)S(=O)(=O)c1ccc(CCl)cn1. The van der Waals surface area contributed by atoms with Gasteiger partial charge in [-0.3, -0.25) is 0 Å². The van der Waals surface area contributed by atoms with Crippen LogP contribution in [0.4, 0.5) is 0 Å². The maximum absolute atomic E-state index is 12.2. The van der Waals surface area contributed by atoms with E-state index >= 15 is 0 Å². The molecule has 19 heavy (non-hydrogen) atoms. The van der Waals surface area contributed by atoms with Gasteiger partial charge in [-0.25, -0.2) is 13.4 Å². The predicted octanol–water partition coefficient (Wildman–Crippen LogP) is 1.87. The number of hydrogen-bond acceptors (Lipinski definition) is 4. The minimum atomic E-state index is -3.56. The molecule has 0 aliphatic rings. The summed E-state index contributed by atoms with van der Waals surface area (Å²) in [6, 6.07) is 3.12. The monoisotopic (exact) mass is 306 g/mol. The van der Waals surface area contributed by atoms with Crippen LogP contribution in [0.3, 0.4) is 0 Å². The summed E-state index contributed by atoms with van der Waals surface area (Å²) in [5, 5.41) is 0.0217. The van der Waals surface area contributed by atoms with Gasteiger partial charge < -0.3 is 4.74 Å². The minimum Gasteiger partial charge on any atom is -0.377 e. The van der Waals surface area contributed by atoms with Crippen LogP contribution in [0, 0.1) is 0 Å². The van der Waals surface area contributed by atoms with E-state index in [0.717, 1.165) is 5.56 Å². The number of ether oxygens (including phenoxy) is 1. The molecule has 0 fully saturated rings. The summed E-state index contributed by atoms with van der Waals surface area (Å²) in [5.41, 5.74) is 0.784. The third kappa shape index (κ3) is 4.72. The van der Waals surface area contributed by atoms with E-state index in [9.17, 15) is 8.42 Å². The van der Waals surface area contributed by atoms with Crippen LogP contribution in [-0.4, -0.2) is 44.0 Å². The number of pyridine rings is 1. The number of aromatic nitrogens is 1. The van der Waals surface area contributed by atoms with Gasteiger partial charge in [0, 0.05) is 25.7 Å². The van der Waals surface area contributed by atoms with Crippen LogP contribution in [0.25, 0.3) is 0 Å². The lowest BCUT2D eigenvalue weighted by atomic mass is 10.3.